The minimum atomic E-state index is 0.756. The average Bonchev–Trinajstić information content (AvgIpc) is 2.92. The number of rotatable bonds is 3. The SMILES string of the molecule is CCC1C2CNCC2CN1Cc1ccc(C)nc1. The zero-order valence-corrected chi connectivity index (χ0v) is 11.4. The van der Waals surface area contributed by atoms with Crippen LogP contribution in [0.4, 0.5) is 0 Å². The number of nitrogens with zero attached hydrogens (tertiary/aromatic N) is 2. The van der Waals surface area contributed by atoms with Crippen LogP contribution in [0.1, 0.15) is 24.6 Å². The summed E-state index contributed by atoms with van der Waals surface area (Å²) in [6.07, 6.45) is 3.30. The van der Waals surface area contributed by atoms with Gasteiger partial charge in [-0.1, -0.05) is 13.0 Å². The van der Waals surface area contributed by atoms with Crippen molar-refractivity contribution in [2.45, 2.75) is 32.9 Å². The maximum atomic E-state index is 4.41. The first-order valence-electron chi connectivity index (χ1n) is 7.14. The normalized spacial score (nSPS) is 31.8. The van der Waals surface area contributed by atoms with Gasteiger partial charge in [0.2, 0.25) is 0 Å². The molecule has 0 saturated carbocycles. The second-order valence-electron chi connectivity index (χ2n) is 5.80. The molecule has 18 heavy (non-hydrogen) atoms. The lowest BCUT2D eigenvalue weighted by molar-refractivity contribution is 0.210. The Bertz CT molecular complexity index is 401. The Kier molecular flexibility index (Phi) is 3.35. The summed E-state index contributed by atoms with van der Waals surface area (Å²) in [5, 5.41) is 3.54. The molecule has 1 N–H and O–H groups in total. The molecule has 2 saturated heterocycles. The van der Waals surface area contributed by atoms with Crippen LogP contribution >= 0.6 is 0 Å². The lowest BCUT2D eigenvalue weighted by Crippen LogP contribution is -2.34. The lowest BCUT2D eigenvalue weighted by Gasteiger charge is -2.26. The Morgan fingerprint density at radius 1 is 1.39 bits per heavy atom. The number of likely N-dealkylation sites (tertiary alicyclic amines) is 1. The summed E-state index contributed by atoms with van der Waals surface area (Å²) in [6, 6.07) is 5.10. The van der Waals surface area contributed by atoms with Crippen LogP contribution in [0, 0.1) is 18.8 Å². The van der Waals surface area contributed by atoms with E-state index in [0.717, 1.165) is 30.1 Å². The van der Waals surface area contributed by atoms with Crippen molar-refractivity contribution in [3.63, 3.8) is 0 Å². The van der Waals surface area contributed by atoms with Gasteiger partial charge in [0.05, 0.1) is 0 Å². The molecule has 0 aromatic carbocycles. The molecule has 3 heterocycles. The molecule has 0 bridgehead atoms. The molecule has 3 unspecified atom stereocenters. The highest BCUT2D eigenvalue weighted by molar-refractivity contribution is 5.14. The molecule has 2 fully saturated rings. The summed E-state index contributed by atoms with van der Waals surface area (Å²) in [5.74, 6) is 1.74. The summed E-state index contributed by atoms with van der Waals surface area (Å²) in [4.78, 5) is 7.07. The molecule has 3 heteroatoms. The molecule has 1 aromatic heterocycles. The van der Waals surface area contributed by atoms with Crippen LogP contribution in [0.2, 0.25) is 0 Å². The van der Waals surface area contributed by atoms with Crippen LogP contribution < -0.4 is 5.32 Å². The zero-order valence-electron chi connectivity index (χ0n) is 11.4. The average molecular weight is 245 g/mol. The van der Waals surface area contributed by atoms with Gasteiger partial charge in [-0.3, -0.25) is 9.88 Å². The predicted molar refractivity (Wildman–Crippen MR) is 73.3 cm³/mol. The van der Waals surface area contributed by atoms with Gasteiger partial charge >= 0.3 is 0 Å². The Morgan fingerprint density at radius 2 is 2.28 bits per heavy atom. The minimum absolute atomic E-state index is 0.756. The lowest BCUT2D eigenvalue weighted by atomic mass is 9.93. The predicted octanol–water partition coefficient (Wildman–Crippen LogP) is 1.82. The minimum Gasteiger partial charge on any atom is -0.316 e. The number of hydrogen-bond acceptors (Lipinski definition) is 3. The fraction of sp³-hybridized carbons (Fsp3) is 0.667. The van der Waals surface area contributed by atoms with Crippen molar-refractivity contribution >= 4 is 0 Å². The van der Waals surface area contributed by atoms with Crippen LogP contribution in [0.5, 0.6) is 0 Å². The molecule has 3 rings (SSSR count). The van der Waals surface area contributed by atoms with Crippen molar-refractivity contribution in [1.29, 1.82) is 0 Å². The molecule has 3 nitrogen and oxygen atoms in total. The summed E-state index contributed by atoms with van der Waals surface area (Å²) in [7, 11) is 0. The molecule has 0 aliphatic carbocycles. The maximum Gasteiger partial charge on any atom is 0.0372 e. The van der Waals surface area contributed by atoms with E-state index in [4.69, 9.17) is 0 Å². The Morgan fingerprint density at radius 3 is 3.00 bits per heavy atom. The van der Waals surface area contributed by atoms with Gasteiger partial charge in [0.25, 0.3) is 0 Å². The highest BCUT2D eigenvalue weighted by Gasteiger charge is 2.42. The number of fused-ring (bicyclic) bond motifs is 1. The summed E-state index contributed by atoms with van der Waals surface area (Å²) in [6.45, 7) is 9.12. The monoisotopic (exact) mass is 245 g/mol. The van der Waals surface area contributed by atoms with E-state index in [2.05, 4.69) is 34.3 Å². The van der Waals surface area contributed by atoms with Gasteiger partial charge in [-0.2, -0.15) is 0 Å². The first kappa shape index (κ1) is 12.1. The van der Waals surface area contributed by atoms with Crippen LogP contribution in [0.3, 0.4) is 0 Å². The Hall–Kier alpha value is -0.930. The van der Waals surface area contributed by atoms with Gasteiger partial charge in [0.1, 0.15) is 0 Å². The highest BCUT2D eigenvalue weighted by Crippen LogP contribution is 2.34. The standard InChI is InChI=1S/C15H23N3/c1-3-15-14-8-16-7-13(14)10-18(15)9-12-5-4-11(2)17-6-12/h4-6,13-16H,3,7-10H2,1-2H3. The summed E-state index contributed by atoms with van der Waals surface area (Å²) in [5.41, 5.74) is 2.46. The fourth-order valence-corrected chi connectivity index (χ4v) is 3.68. The van der Waals surface area contributed by atoms with Crippen molar-refractivity contribution in [3.8, 4) is 0 Å². The smallest absolute Gasteiger partial charge is 0.0372 e. The molecule has 2 aliphatic rings. The van der Waals surface area contributed by atoms with Crippen molar-refractivity contribution in [3.05, 3.63) is 29.6 Å². The number of aromatic nitrogens is 1. The summed E-state index contributed by atoms with van der Waals surface area (Å²) >= 11 is 0. The van der Waals surface area contributed by atoms with E-state index in [1.165, 1.54) is 31.6 Å². The van der Waals surface area contributed by atoms with E-state index in [-0.39, 0.29) is 0 Å². The molecular formula is C15H23N3. The van der Waals surface area contributed by atoms with Gasteiger partial charge in [-0.15, -0.1) is 0 Å². The quantitative estimate of drug-likeness (QED) is 0.880. The van der Waals surface area contributed by atoms with Gasteiger partial charge < -0.3 is 5.32 Å². The number of aryl methyl sites for hydroxylation is 1. The van der Waals surface area contributed by atoms with Crippen molar-refractivity contribution in [2.24, 2.45) is 11.8 Å². The first-order valence-corrected chi connectivity index (χ1v) is 7.14. The zero-order chi connectivity index (χ0) is 12.5. The van der Waals surface area contributed by atoms with E-state index in [9.17, 15) is 0 Å². The van der Waals surface area contributed by atoms with Gasteiger partial charge in [0.15, 0.2) is 0 Å². The van der Waals surface area contributed by atoms with Gasteiger partial charge in [-0.25, -0.2) is 0 Å². The third-order valence-corrected chi connectivity index (χ3v) is 4.60. The van der Waals surface area contributed by atoms with E-state index in [1.807, 2.05) is 13.1 Å². The number of hydrogen-bond donors (Lipinski definition) is 1. The molecular weight excluding hydrogens is 222 g/mol. The summed E-state index contributed by atoms with van der Waals surface area (Å²) < 4.78 is 0. The van der Waals surface area contributed by atoms with Crippen molar-refractivity contribution in [1.82, 2.24) is 15.2 Å². The van der Waals surface area contributed by atoms with Crippen molar-refractivity contribution < 1.29 is 0 Å². The third-order valence-electron chi connectivity index (χ3n) is 4.60. The van der Waals surface area contributed by atoms with Crippen LogP contribution in [0.25, 0.3) is 0 Å². The van der Waals surface area contributed by atoms with Crippen LogP contribution in [-0.2, 0) is 6.54 Å². The molecule has 0 radical (unpaired) electrons. The molecule has 0 amide bonds. The molecule has 3 atom stereocenters. The third kappa shape index (κ3) is 2.17. The largest absolute Gasteiger partial charge is 0.316 e. The number of nitrogens with one attached hydrogen (secondary N) is 1. The topological polar surface area (TPSA) is 28.2 Å². The van der Waals surface area contributed by atoms with E-state index >= 15 is 0 Å². The Balaban J connectivity index is 1.71. The number of pyridine rings is 1. The molecule has 1 aromatic rings. The van der Waals surface area contributed by atoms with E-state index < -0.39 is 0 Å². The van der Waals surface area contributed by atoms with Crippen molar-refractivity contribution in [2.75, 3.05) is 19.6 Å². The molecule has 0 spiro atoms. The molecule has 2 aliphatic heterocycles. The highest BCUT2D eigenvalue weighted by atomic mass is 15.2. The van der Waals surface area contributed by atoms with Crippen LogP contribution in [0.15, 0.2) is 18.3 Å². The van der Waals surface area contributed by atoms with Gasteiger partial charge in [0, 0.05) is 31.0 Å². The first-order chi connectivity index (χ1) is 8.78. The second-order valence-corrected chi connectivity index (χ2v) is 5.80. The van der Waals surface area contributed by atoms with E-state index in [1.54, 1.807) is 0 Å². The van der Waals surface area contributed by atoms with E-state index in [0.29, 0.717) is 0 Å². The van der Waals surface area contributed by atoms with Gasteiger partial charge in [-0.05, 0) is 49.9 Å². The Labute approximate surface area is 110 Å². The second kappa shape index (κ2) is 4.98. The molecule has 98 valence electrons. The van der Waals surface area contributed by atoms with Crippen LogP contribution in [-0.4, -0.2) is 35.6 Å². The maximum absolute atomic E-state index is 4.41. The fourth-order valence-electron chi connectivity index (χ4n) is 3.68.